The van der Waals surface area contributed by atoms with E-state index in [-0.39, 0.29) is 29.3 Å². The second-order valence-electron chi connectivity index (χ2n) is 8.15. The van der Waals surface area contributed by atoms with Gasteiger partial charge in [0.15, 0.2) is 0 Å². The molecule has 8 heteroatoms. The predicted molar refractivity (Wildman–Crippen MR) is 109 cm³/mol. The molecule has 2 aromatic rings. The van der Waals surface area contributed by atoms with Gasteiger partial charge in [0.2, 0.25) is 5.91 Å². The maximum absolute atomic E-state index is 13.0. The summed E-state index contributed by atoms with van der Waals surface area (Å²) in [5.74, 6) is 0.899. The van der Waals surface area contributed by atoms with E-state index in [0.717, 1.165) is 32.1 Å². The molecule has 1 saturated carbocycles. The highest BCUT2D eigenvalue weighted by Gasteiger charge is 2.36. The highest BCUT2D eigenvalue weighted by atomic mass is 32.1. The molecule has 4 heterocycles. The Balaban J connectivity index is 1.45. The number of nitrogens with one attached hydrogen (secondary N) is 1. The summed E-state index contributed by atoms with van der Waals surface area (Å²) in [5.41, 5.74) is 1.25. The van der Waals surface area contributed by atoms with Crippen molar-refractivity contribution in [1.82, 2.24) is 19.8 Å². The summed E-state index contributed by atoms with van der Waals surface area (Å²) in [6, 6.07) is 3.48. The number of amides is 2. The summed E-state index contributed by atoms with van der Waals surface area (Å²) in [4.78, 5) is 50.4. The number of rotatable bonds is 3. The number of H-pyrrole nitrogens is 1. The van der Waals surface area contributed by atoms with Crippen molar-refractivity contribution in [3.8, 4) is 0 Å². The standard InChI is InChI=1S/C21H24N4O3S/c26-19-14-8-10-24(20(27)13-6-7-13)12-15(14)22-18(23-19)16-4-1-2-9-25(16)21(28)17-5-3-11-29-17/h3,5,11,13,16H,1-2,4,6-10,12H2,(H,22,23,26)/t16-/m0/s1. The van der Waals surface area contributed by atoms with Crippen LogP contribution < -0.4 is 5.56 Å². The number of carbonyl (C=O) groups is 2. The smallest absolute Gasteiger partial charge is 0.264 e. The van der Waals surface area contributed by atoms with Gasteiger partial charge in [-0.1, -0.05) is 6.07 Å². The van der Waals surface area contributed by atoms with Crippen molar-refractivity contribution in [2.45, 2.75) is 51.1 Å². The van der Waals surface area contributed by atoms with Crippen molar-refractivity contribution in [1.29, 1.82) is 0 Å². The van der Waals surface area contributed by atoms with E-state index in [1.165, 1.54) is 11.3 Å². The fraction of sp³-hybridized carbons (Fsp3) is 0.524. The fourth-order valence-electron chi connectivity index (χ4n) is 4.39. The molecule has 0 unspecified atom stereocenters. The molecule has 2 amide bonds. The van der Waals surface area contributed by atoms with Gasteiger partial charge in [-0.15, -0.1) is 11.3 Å². The third-order valence-electron chi connectivity index (χ3n) is 6.14. The molecular formula is C21H24N4O3S. The Kier molecular flexibility index (Phi) is 4.73. The molecule has 1 saturated heterocycles. The number of carbonyl (C=O) groups excluding carboxylic acids is 2. The van der Waals surface area contributed by atoms with Crippen molar-refractivity contribution in [3.63, 3.8) is 0 Å². The number of hydrogen-bond donors (Lipinski definition) is 1. The second kappa shape index (κ2) is 7.40. The van der Waals surface area contributed by atoms with Gasteiger partial charge in [-0.05, 0) is 50.0 Å². The zero-order chi connectivity index (χ0) is 20.0. The Morgan fingerprint density at radius 2 is 2.03 bits per heavy atom. The van der Waals surface area contributed by atoms with E-state index in [9.17, 15) is 14.4 Å². The minimum Gasteiger partial charge on any atom is -0.336 e. The van der Waals surface area contributed by atoms with Crippen LogP contribution in [0.15, 0.2) is 22.3 Å². The normalized spacial score (nSPS) is 21.7. The Labute approximate surface area is 172 Å². The third kappa shape index (κ3) is 3.50. The maximum atomic E-state index is 13.0. The lowest BCUT2D eigenvalue weighted by molar-refractivity contribution is -0.133. The molecule has 1 atom stereocenters. The van der Waals surface area contributed by atoms with Crippen molar-refractivity contribution >= 4 is 23.2 Å². The lowest BCUT2D eigenvalue weighted by Crippen LogP contribution is -2.42. The molecule has 0 bridgehead atoms. The molecule has 7 nitrogen and oxygen atoms in total. The molecule has 1 aliphatic carbocycles. The number of hydrogen-bond acceptors (Lipinski definition) is 5. The molecule has 0 radical (unpaired) electrons. The van der Waals surface area contributed by atoms with Gasteiger partial charge in [-0.25, -0.2) is 4.98 Å². The van der Waals surface area contributed by atoms with E-state index in [1.54, 1.807) is 0 Å². The van der Waals surface area contributed by atoms with E-state index >= 15 is 0 Å². The largest absolute Gasteiger partial charge is 0.336 e. The predicted octanol–water partition coefficient (Wildman–Crippen LogP) is 2.49. The maximum Gasteiger partial charge on any atom is 0.264 e. The van der Waals surface area contributed by atoms with Gasteiger partial charge in [0.25, 0.3) is 11.5 Å². The zero-order valence-electron chi connectivity index (χ0n) is 16.2. The van der Waals surface area contributed by atoms with Crippen LogP contribution in [-0.4, -0.2) is 44.7 Å². The molecule has 0 spiro atoms. The van der Waals surface area contributed by atoms with Gasteiger partial charge < -0.3 is 14.8 Å². The molecule has 2 aromatic heterocycles. The van der Waals surface area contributed by atoms with Crippen LogP contribution >= 0.6 is 11.3 Å². The van der Waals surface area contributed by atoms with Crippen LogP contribution in [0.3, 0.4) is 0 Å². The second-order valence-corrected chi connectivity index (χ2v) is 9.10. The van der Waals surface area contributed by atoms with Crippen LogP contribution in [0, 0.1) is 5.92 Å². The monoisotopic (exact) mass is 412 g/mol. The van der Waals surface area contributed by atoms with E-state index in [1.807, 2.05) is 27.3 Å². The van der Waals surface area contributed by atoms with E-state index < -0.39 is 0 Å². The van der Waals surface area contributed by atoms with E-state index in [2.05, 4.69) is 4.98 Å². The van der Waals surface area contributed by atoms with Crippen LogP contribution in [0.1, 0.15) is 64.9 Å². The number of fused-ring (bicyclic) bond motifs is 1. The summed E-state index contributed by atoms with van der Waals surface area (Å²) in [6.45, 7) is 1.64. The number of nitrogens with zero attached hydrogens (tertiary/aromatic N) is 3. The van der Waals surface area contributed by atoms with Crippen molar-refractivity contribution < 1.29 is 9.59 Å². The SMILES string of the molecule is O=C(C1CC1)N1CCc2c(nc([C@@H]3CCCCN3C(=O)c3cccs3)[nH]c2=O)C1. The lowest BCUT2D eigenvalue weighted by atomic mass is 10.00. The number of thiophene rings is 1. The van der Waals surface area contributed by atoms with Gasteiger partial charge in [-0.2, -0.15) is 0 Å². The first kappa shape index (κ1) is 18.5. The number of likely N-dealkylation sites (tertiary alicyclic amines) is 1. The van der Waals surface area contributed by atoms with Gasteiger partial charge in [0, 0.05) is 24.6 Å². The number of aromatic amines is 1. The van der Waals surface area contributed by atoms with Crippen molar-refractivity contribution in [2.24, 2.45) is 5.92 Å². The molecule has 2 aliphatic heterocycles. The molecular weight excluding hydrogens is 388 g/mol. The Bertz CT molecular complexity index is 996. The molecule has 3 aliphatic rings. The molecule has 5 rings (SSSR count). The lowest BCUT2D eigenvalue weighted by Gasteiger charge is -2.35. The Morgan fingerprint density at radius 1 is 1.17 bits per heavy atom. The first-order valence-electron chi connectivity index (χ1n) is 10.4. The summed E-state index contributed by atoms with van der Waals surface area (Å²) >= 11 is 1.43. The molecule has 29 heavy (non-hydrogen) atoms. The topological polar surface area (TPSA) is 86.4 Å². The van der Waals surface area contributed by atoms with Crippen molar-refractivity contribution in [3.05, 3.63) is 49.8 Å². The molecule has 152 valence electrons. The first-order chi connectivity index (χ1) is 14.1. The quantitative estimate of drug-likeness (QED) is 0.839. The van der Waals surface area contributed by atoms with E-state index in [0.29, 0.717) is 48.0 Å². The van der Waals surface area contributed by atoms with Gasteiger partial charge in [-0.3, -0.25) is 14.4 Å². The van der Waals surface area contributed by atoms with Crippen LogP contribution in [0.4, 0.5) is 0 Å². The van der Waals surface area contributed by atoms with Gasteiger partial charge in [0.05, 0.1) is 23.2 Å². The first-order valence-corrected chi connectivity index (χ1v) is 11.2. The third-order valence-corrected chi connectivity index (χ3v) is 7.00. The van der Waals surface area contributed by atoms with Crippen LogP contribution in [0.2, 0.25) is 0 Å². The number of aromatic nitrogens is 2. The molecule has 0 aromatic carbocycles. The van der Waals surface area contributed by atoms with E-state index in [4.69, 9.17) is 4.98 Å². The van der Waals surface area contributed by atoms with Crippen molar-refractivity contribution in [2.75, 3.05) is 13.1 Å². The van der Waals surface area contributed by atoms with Gasteiger partial charge >= 0.3 is 0 Å². The molecule has 1 N–H and O–H groups in total. The number of piperidine rings is 1. The molecule has 2 fully saturated rings. The van der Waals surface area contributed by atoms with Crippen LogP contribution in [-0.2, 0) is 17.8 Å². The summed E-state index contributed by atoms with van der Waals surface area (Å²) in [7, 11) is 0. The van der Waals surface area contributed by atoms with Gasteiger partial charge in [0.1, 0.15) is 5.82 Å². The highest BCUT2D eigenvalue weighted by Crippen LogP contribution is 2.33. The van der Waals surface area contributed by atoms with Crippen LogP contribution in [0.5, 0.6) is 0 Å². The summed E-state index contributed by atoms with van der Waals surface area (Å²) in [6.07, 6.45) is 5.21. The minimum atomic E-state index is -0.231. The Hall–Kier alpha value is -2.48. The highest BCUT2D eigenvalue weighted by molar-refractivity contribution is 7.12. The summed E-state index contributed by atoms with van der Waals surface area (Å²) in [5, 5.41) is 1.90. The summed E-state index contributed by atoms with van der Waals surface area (Å²) < 4.78 is 0. The Morgan fingerprint density at radius 3 is 2.79 bits per heavy atom. The minimum absolute atomic E-state index is 0.00407. The average Bonchev–Trinajstić information content (AvgIpc) is 3.46. The average molecular weight is 413 g/mol. The zero-order valence-corrected chi connectivity index (χ0v) is 17.0. The van der Waals surface area contributed by atoms with Crippen LogP contribution in [0.25, 0.3) is 0 Å². The fourth-order valence-corrected chi connectivity index (χ4v) is 5.07.